The predicted molar refractivity (Wildman–Crippen MR) is 118 cm³/mol. The summed E-state index contributed by atoms with van der Waals surface area (Å²) in [5.74, 6) is 0.329. The summed E-state index contributed by atoms with van der Waals surface area (Å²) in [6.45, 7) is 0.555. The van der Waals surface area contributed by atoms with Gasteiger partial charge < -0.3 is 14.5 Å². The molecule has 154 valence electrons. The molecule has 0 unspecified atom stereocenters. The monoisotopic (exact) mass is 403 g/mol. The van der Waals surface area contributed by atoms with Crippen LogP contribution in [0.5, 0.6) is 5.75 Å². The maximum absolute atomic E-state index is 12.8. The molecular formula is C25H25NO4. The standard InChI is InChI=1S/C25H25NO4/c27-24(26-14-13-18-7-3-1-4-8-18)17-29-20-11-12-21-23(15-20)30-16-22(25(21)28)19-9-5-2-6-10-19/h2,5-7,9-12,15-16H,1,3-4,8,13-14,17H2,(H,26,27). The Hall–Kier alpha value is -3.34. The van der Waals surface area contributed by atoms with Crippen molar-refractivity contribution in [1.82, 2.24) is 5.32 Å². The number of ether oxygens (including phenoxy) is 1. The van der Waals surface area contributed by atoms with Crippen LogP contribution in [0, 0.1) is 0 Å². The van der Waals surface area contributed by atoms with Gasteiger partial charge in [-0.15, -0.1) is 0 Å². The molecule has 3 aromatic rings. The molecule has 1 aromatic heterocycles. The number of benzene rings is 2. The molecule has 0 radical (unpaired) electrons. The van der Waals surface area contributed by atoms with Crippen LogP contribution in [0.25, 0.3) is 22.1 Å². The predicted octanol–water partition coefficient (Wildman–Crippen LogP) is 4.85. The van der Waals surface area contributed by atoms with E-state index in [0.717, 1.165) is 24.8 Å². The van der Waals surface area contributed by atoms with Crippen LogP contribution in [0.2, 0.25) is 0 Å². The fourth-order valence-corrected chi connectivity index (χ4v) is 3.71. The minimum atomic E-state index is -0.160. The van der Waals surface area contributed by atoms with Gasteiger partial charge in [-0.2, -0.15) is 0 Å². The molecular weight excluding hydrogens is 378 g/mol. The van der Waals surface area contributed by atoms with Crippen LogP contribution in [0.15, 0.2) is 75.7 Å². The van der Waals surface area contributed by atoms with Gasteiger partial charge in [0.1, 0.15) is 17.6 Å². The zero-order valence-electron chi connectivity index (χ0n) is 16.9. The Balaban J connectivity index is 1.36. The average Bonchev–Trinajstić information content (AvgIpc) is 2.79. The van der Waals surface area contributed by atoms with Gasteiger partial charge in [0.15, 0.2) is 12.0 Å². The van der Waals surface area contributed by atoms with E-state index < -0.39 is 0 Å². The molecule has 5 nitrogen and oxygen atoms in total. The summed E-state index contributed by atoms with van der Waals surface area (Å²) in [5, 5.41) is 3.37. The summed E-state index contributed by atoms with van der Waals surface area (Å²) in [5.41, 5.74) is 3.10. The lowest BCUT2D eigenvalue weighted by atomic mass is 9.97. The first-order chi connectivity index (χ1) is 14.7. The topological polar surface area (TPSA) is 68.5 Å². The van der Waals surface area contributed by atoms with Crippen LogP contribution in [0.1, 0.15) is 32.1 Å². The molecule has 2 aromatic carbocycles. The second kappa shape index (κ2) is 9.44. The van der Waals surface area contributed by atoms with Crippen LogP contribution < -0.4 is 15.5 Å². The zero-order valence-corrected chi connectivity index (χ0v) is 16.9. The normalized spacial score (nSPS) is 13.7. The number of nitrogens with one attached hydrogen (secondary N) is 1. The number of carbonyl (C=O) groups is 1. The highest BCUT2D eigenvalue weighted by Gasteiger charge is 2.11. The van der Waals surface area contributed by atoms with Crippen molar-refractivity contribution in [2.45, 2.75) is 32.1 Å². The Labute approximate surface area is 175 Å². The molecule has 4 rings (SSSR count). The van der Waals surface area contributed by atoms with Gasteiger partial charge in [-0.25, -0.2) is 0 Å². The highest BCUT2D eigenvalue weighted by atomic mass is 16.5. The summed E-state index contributed by atoms with van der Waals surface area (Å²) in [6.07, 6.45) is 9.46. The van der Waals surface area contributed by atoms with E-state index in [1.54, 1.807) is 18.2 Å². The second-order valence-electron chi connectivity index (χ2n) is 7.50. The van der Waals surface area contributed by atoms with E-state index in [9.17, 15) is 9.59 Å². The molecule has 1 aliphatic carbocycles. The van der Waals surface area contributed by atoms with Gasteiger partial charge in [-0.1, -0.05) is 42.0 Å². The highest BCUT2D eigenvalue weighted by Crippen LogP contribution is 2.23. The summed E-state index contributed by atoms with van der Waals surface area (Å²) in [7, 11) is 0. The Morgan fingerprint density at radius 2 is 1.97 bits per heavy atom. The molecule has 0 bridgehead atoms. The lowest BCUT2D eigenvalue weighted by molar-refractivity contribution is -0.123. The number of hydrogen-bond acceptors (Lipinski definition) is 4. The van der Waals surface area contributed by atoms with Crippen LogP contribution >= 0.6 is 0 Å². The van der Waals surface area contributed by atoms with Crippen molar-refractivity contribution >= 4 is 16.9 Å². The van der Waals surface area contributed by atoms with E-state index in [2.05, 4.69) is 11.4 Å². The van der Waals surface area contributed by atoms with Crippen LogP contribution in [0.3, 0.4) is 0 Å². The highest BCUT2D eigenvalue weighted by molar-refractivity contribution is 5.83. The number of allylic oxidation sites excluding steroid dienone is 1. The summed E-state index contributed by atoms with van der Waals surface area (Å²) in [6, 6.07) is 14.4. The van der Waals surface area contributed by atoms with Gasteiger partial charge in [-0.05, 0) is 49.8 Å². The molecule has 1 amide bonds. The first kappa shape index (κ1) is 20.0. The maximum atomic E-state index is 12.8. The largest absolute Gasteiger partial charge is 0.484 e. The van der Waals surface area contributed by atoms with Crippen molar-refractivity contribution < 1.29 is 13.9 Å². The van der Waals surface area contributed by atoms with Crippen LogP contribution in [-0.2, 0) is 4.79 Å². The SMILES string of the molecule is O=C(COc1ccc2c(=O)c(-c3ccccc3)coc2c1)NCCC1=CCCCC1. The second-order valence-corrected chi connectivity index (χ2v) is 7.50. The van der Waals surface area contributed by atoms with Crippen molar-refractivity contribution in [3.05, 3.63) is 76.7 Å². The minimum Gasteiger partial charge on any atom is -0.484 e. The zero-order chi connectivity index (χ0) is 20.8. The Morgan fingerprint density at radius 1 is 1.10 bits per heavy atom. The Bertz CT molecular complexity index is 1110. The van der Waals surface area contributed by atoms with Gasteiger partial charge in [0, 0.05) is 12.6 Å². The first-order valence-corrected chi connectivity index (χ1v) is 10.4. The first-order valence-electron chi connectivity index (χ1n) is 10.4. The van der Waals surface area contributed by atoms with E-state index in [1.807, 2.05) is 30.3 Å². The molecule has 1 heterocycles. The maximum Gasteiger partial charge on any atom is 0.257 e. The number of rotatable bonds is 7. The third-order valence-electron chi connectivity index (χ3n) is 5.35. The number of carbonyl (C=O) groups excluding carboxylic acids is 1. The molecule has 0 saturated heterocycles. The van der Waals surface area contributed by atoms with Crippen molar-refractivity contribution in [2.75, 3.05) is 13.2 Å². The van der Waals surface area contributed by atoms with Crippen LogP contribution in [0.4, 0.5) is 0 Å². The fourth-order valence-electron chi connectivity index (χ4n) is 3.71. The van der Waals surface area contributed by atoms with Gasteiger partial charge in [0.25, 0.3) is 5.91 Å². The van der Waals surface area contributed by atoms with E-state index >= 15 is 0 Å². The lowest BCUT2D eigenvalue weighted by Gasteiger charge is -2.13. The Morgan fingerprint density at radius 3 is 2.77 bits per heavy atom. The quantitative estimate of drug-likeness (QED) is 0.573. The number of amides is 1. The number of hydrogen-bond donors (Lipinski definition) is 1. The van der Waals surface area contributed by atoms with Crippen molar-refractivity contribution in [3.8, 4) is 16.9 Å². The minimum absolute atomic E-state index is 0.0725. The molecule has 5 heteroatoms. The smallest absolute Gasteiger partial charge is 0.257 e. The molecule has 0 spiro atoms. The summed E-state index contributed by atoms with van der Waals surface area (Å²) in [4.78, 5) is 24.8. The van der Waals surface area contributed by atoms with Crippen LogP contribution in [-0.4, -0.2) is 19.1 Å². The van der Waals surface area contributed by atoms with Gasteiger partial charge >= 0.3 is 0 Å². The molecule has 0 atom stereocenters. The van der Waals surface area contributed by atoms with Gasteiger partial charge in [-0.3, -0.25) is 9.59 Å². The van der Waals surface area contributed by atoms with E-state index in [-0.39, 0.29) is 17.9 Å². The van der Waals surface area contributed by atoms with Gasteiger partial charge in [0.2, 0.25) is 0 Å². The van der Waals surface area contributed by atoms with Crippen molar-refractivity contribution in [1.29, 1.82) is 0 Å². The third-order valence-corrected chi connectivity index (χ3v) is 5.35. The van der Waals surface area contributed by atoms with E-state index in [0.29, 0.717) is 28.8 Å². The molecule has 1 N–H and O–H groups in total. The molecule has 0 fully saturated rings. The summed E-state index contributed by atoms with van der Waals surface area (Å²) < 4.78 is 11.3. The van der Waals surface area contributed by atoms with Gasteiger partial charge in [0.05, 0.1) is 10.9 Å². The Kier molecular flexibility index (Phi) is 6.28. The summed E-state index contributed by atoms with van der Waals surface area (Å²) >= 11 is 0. The average molecular weight is 403 g/mol. The lowest BCUT2D eigenvalue weighted by Crippen LogP contribution is -2.30. The fraction of sp³-hybridized carbons (Fsp3) is 0.280. The van der Waals surface area contributed by atoms with E-state index in [4.69, 9.17) is 9.15 Å². The van der Waals surface area contributed by atoms with E-state index in [1.165, 1.54) is 24.7 Å². The van der Waals surface area contributed by atoms with Crippen molar-refractivity contribution in [3.63, 3.8) is 0 Å². The third kappa shape index (κ3) is 4.79. The number of fused-ring (bicyclic) bond motifs is 1. The molecule has 0 saturated carbocycles. The molecule has 30 heavy (non-hydrogen) atoms. The molecule has 1 aliphatic rings. The molecule has 0 aliphatic heterocycles. The van der Waals surface area contributed by atoms with Crippen molar-refractivity contribution in [2.24, 2.45) is 0 Å².